The van der Waals surface area contributed by atoms with E-state index in [1.165, 1.54) is 102 Å². The first kappa shape index (κ1) is 42.5. The molecule has 0 saturated heterocycles. The Morgan fingerprint density at radius 2 is 0.914 bits per heavy atom. The summed E-state index contributed by atoms with van der Waals surface area (Å²) in [5.74, 6) is 1.88. The molecule has 0 aliphatic heterocycles. The quantitative estimate of drug-likeness (QED) is 0.169. The Balaban J connectivity index is -0.000000196. The van der Waals surface area contributed by atoms with E-state index in [9.17, 15) is 0 Å². The zero-order valence-corrected chi connectivity index (χ0v) is 29.0. The second kappa shape index (κ2) is 30.7. The average Bonchev–Trinajstić information content (AvgIpc) is 2.88. The van der Waals surface area contributed by atoms with E-state index in [1.54, 1.807) is 0 Å². The first-order chi connectivity index (χ1) is 16.5. The molecule has 0 aromatic carbocycles. The molecule has 0 rings (SSSR count). The van der Waals surface area contributed by atoms with Crippen LogP contribution in [0.25, 0.3) is 0 Å². The van der Waals surface area contributed by atoms with Gasteiger partial charge in [0.1, 0.15) is 0 Å². The molecule has 0 amide bonds. The molecular weight excluding hydrogens is 439 g/mol. The van der Waals surface area contributed by atoms with E-state index in [0.29, 0.717) is 10.8 Å². The Hall–Kier alpha value is 0.430. The average molecular weight is 517 g/mol. The van der Waals surface area contributed by atoms with Gasteiger partial charge in [-0.1, -0.05) is 161 Å². The van der Waals surface area contributed by atoms with Crippen LogP contribution in [0.15, 0.2) is 0 Å². The van der Waals surface area contributed by atoms with Gasteiger partial charge >= 0.3 is 0 Å². The maximum atomic E-state index is 2.35. The van der Waals surface area contributed by atoms with Crippen molar-refractivity contribution in [1.29, 1.82) is 0 Å². The van der Waals surface area contributed by atoms with Crippen LogP contribution in [0.3, 0.4) is 0 Å². The van der Waals surface area contributed by atoms with E-state index in [2.05, 4.69) is 96.7 Å². The maximum absolute atomic E-state index is 2.35. The molecule has 0 aromatic rings. The highest BCUT2D eigenvalue weighted by Crippen LogP contribution is 2.39. The van der Waals surface area contributed by atoms with Gasteiger partial charge in [0.25, 0.3) is 0 Å². The van der Waals surface area contributed by atoms with E-state index >= 15 is 0 Å². The Kier molecular flexibility index (Phi) is 37.2. The lowest BCUT2D eigenvalue weighted by molar-refractivity contribution is 0.204. The number of hydrogen-bond acceptors (Lipinski definition) is 0. The lowest BCUT2D eigenvalue weighted by Gasteiger charge is -2.33. The van der Waals surface area contributed by atoms with Crippen molar-refractivity contribution < 1.29 is 0 Å². The van der Waals surface area contributed by atoms with Gasteiger partial charge in [-0.3, -0.25) is 0 Å². The van der Waals surface area contributed by atoms with Crippen LogP contribution in [0.1, 0.15) is 186 Å². The molecule has 0 bridgehead atoms. The number of rotatable bonds is 17. The van der Waals surface area contributed by atoms with Gasteiger partial charge in [-0.05, 0) is 61.2 Å². The molecule has 0 aliphatic carbocycles. The topological polar surface area (TPSA) is 0 Å². The van der Waals surface area contributed by atoms with Crippen molar-refractivity contribution in [3.05, 3.63) is 0 Å². The summed E-state index contributed by atoms with van der Waals surface area (Å²) in [6, 6.07) is 0. The van der Waals surface area contributed by atoms with Crippen molar-refractivity contribution >= 4 is 8.58 Å². The summed E-state index contributed by atoms with van der Waals surface area (Å²) in [4.78, 5) is 0. The zero-order chi connectivity index (χ0) is 28.2. The lowest BCUT2D eigenvalue weighted by atomic mass is 9.73. The molecule has 0 spiro atoms. The summed E-state index contributed by atoms with van der Waals surface area (Å²) >= 11 is 0. The van der Waals surface area contributed by atoms with E-state index in [4.69, 9.17) is 0 Å². The van der Waals surface area contributed by atoms with E-state index in [1.807, 2.05) is 0 Å². The minimum atomic E-state index is 0.625. The number of hydrogen-bond donors (Lipinski definition) is 0. The van der Waals surface area contributed by atoms with Crippen molar-refractivity contribution in [3.8, 4) is 0 Å². The van der Waals surface area contributed by atoms with Crippen LogP contribution in [0.2, 0.25) is 0 Å². The molecular formula is C34H77P. The van der Waals surface area contributed by atoms with Gasteiger partial charge in [0, 0.05) is 0 Å². The molecule has 0 aliphatic rings. The maximum Gasteiger partial charge on any atom is -0.0295 e. The summed E-state index contributed by atoms with van der Waals surface area (Å²) < 4.78 is 0. The highest BCUT2D eigenvalue weighted by Gasteiger charge is 2.26. The molecule has 2 unspecified atom stereocenters. The standard InChI is InChI=1S/C13H29P.C8H18.C7H16.C6H14/c1-5-8-13(9-6-2,10-7-3)11-12-14-4;1-5-8(4,6-2)7-3;1-4-6-7(3)5-2;1-4-6(3)5-2/h14H,5-12H2,1-4H3;5-7H2,1-4H3;7H,4-6H2,1-3H3;6H,4-5H2,1-3H3. The molecule has 0 saturated carbocycles. The van der Waals surface area contributed by atoms with Gasteiger partial charge < -0.3 is 0 Å². The lowest BCUT2D eigenvalue weighted by Crippen LogP contribution is -2.21. The molecule has 0 radical (unpaired) electrons. The minimum Gasteiger partial charge on any atom is -0.125 e. The first-order valence-electron chi connectivity index (χ1n) is 16.2. The summed E-state index contributed by atoms with van der Waals surface area (Å²) in [6.07, 6.45) is 22.1. The Bertz CT molecular complexity index is 328. The molecule has 0 aromatic heterocycles. The van der Waals surface area contributed by atoms with Crippen LogP contribution in [0.4, 0.5) is 0 Å². The highest BCUT2D eigenvalue weighted by atomic mass is 31.1. The summed E-state index contributed by atoms with van der Waals surface area (Å²) in [7, 11) is 1.14. The van der Waals surface area contributed by atoms with Gasteiger partial charge in [0.15, 0.2) is 0 Å². The normalized spacial score (nSPS) is 12.4. The minimum absolute atomic E-state index is 0.625. The van der Waals surface area contributed by atoms with Gasteiger partial charge in [-0.2, -0.15) is 0 Å². The third-order valence-corrected chi connectivity index (χ3v) is 9.43. The fourth-order valence-electron chi connectivity index (χ4n) is 4.47. The third-order valence-electron chi connectivity index (χ3n) is 8.68. The van der Waals surface area contributed by atoms with Crippen molar-refractivity contribution in [3.63, 3.8) is 0 Å². The predicted molar refractivity (Wildman–Crippen MR) is 174 cm³/mol. The van der Waals surface area contributed by atoms with Crippen LogP contribution < -0.4 is 0 Å². The van der Waals surface area contributed by atoms with Crippen molar-refractivity contribution in [1.82, 2.24) is 0 Å². The second-order valence-corrected chi connectivity index (χ2v) is 12.9. The SMILES string of the molecule is CCC(C)(CC)CC.CCC(C)CC.CCCC(C)CC.CCCC(CCC)(CCC)CCPC. The zero-order valence-electron chi connectivity index (χ0n) is 28.0. The highest BCUT2D eigenvalue weighted by molar-refractivity contribution is 7.36. The summed E-state index contributed by atoms with van der Waals surface area (Å²) in [6.45, 7) is 32.1. The van der Waals surface area contributed by atoms with E-state index < -0.39 is 0 Å². The Morgan fingerprint density at radius 3 is 1.06 bits per heavy atom. The van der Waals surface area contributed by atoms with Gasteiger partial charge in [-0.25, -0.2) is 0 Å². The molecule has 0 nitrogen and oxygen atoms in total. The largest absolute Gasteiger partial charge is 0.125 e. The predicted octanol–water partition coefficient (Wildman–Crippen LogP) is 13.6. The molecule has 2 atom stereocenters. The second-order valence-electron chi connectivity index (χ2n) is 11.7. The molecule has 0 heterocycles. The smallest absolute Gasteiger partial charge is 0.0295 e. The van der Waals surface area contributed by atoms with Gasteiger partial charge in [-0.15, -0.1) is 8.58 Å². The fraction of sp³-hybridized carbons (Fsp3) is 1.00. The molecule has 1 heteroatoms. The first-order valence-corrected chi connectivity index (χ1v) is 17.9. The molecule has 0 N–H and O–H groups in total. The molecule has 0 fully saturated rings. The fourth-order valence-corrected chi connectivity index (χ4v) is 5.25. The van der Waals surface area contributed by atoms with Gasteiger partial charge in [0.05, 0.1) is 0 Å². The van der Waals surface area contributed by atoms with Crippen LogP contribution >= 0.6 is 8.58 Å². The van der Waals surface area contributed by atoms with Gasteiger partial charge in [0.2, 0.25) is 0 Å². The summed E-state index contributed by atoms with van der Waals surface area (Å²) in [5.41, 5.74) is 1.33. The molecule has 218 valence electrons. The monoisotopic (exact) mass is 517 g/mol. The van der Waals surface area contributed by atoms with E-state index in [-0.39, 0.29) is 0 Å². The van der Waals surface area contributed by atoms with Crippen LogP contribution in [0, 0.1) is 22.7 Å². The van der Waals surface area contributed by atoms with Crippen molar-refractivity contribution in [2.24, 2.45) is 22.7 Å². The molecule has 35 heavy (non-hydrogen) atoms. The third kappa shape index (κ3) is 28.8. The van der Waals surface area contributed by atoms with Crippen LogP contribution in [-0.2, 0) is 0 Å². The van der Waals surface area contributed by atoms with E-state index in [0.717, 1.165) is 20.4 Å². The van der Waals surface area contributed by atoms with Crippen molar-refractivity contribution in [2.45, 2.75) is 186 Å². The van der Waals surface area contributed by atoms with Crippen LogP contribution in [-0.4, -0.2) is 12.8 Å². The summed E-state index contributed by atoms with van der Waals surface area (Å²) in [5, 5.41) is 0. The van der Waals surface area contributed by atoms with Crippen molar-refractivity contribution in [2.75, 3.05) is 12.8 Å². The Morgan fingerprint density at radius 1 is 0.543 bits per heavy atom. The van der Waals surface area contributed by atoms with Crippen LogP contribution in [0.5, 0.6) is 0 Å². The Labute approximate surface area is 230 Å².